The van der Waals surface area contributed by atoms with Crippen LogP contribution in [0.15, 0.2) is 30.5 Å². The van der Waals surface area contributed by atoms with Crippen LogP contribution in [0, 0.1) is 0 Å². The summed E-state index contributed by atoms with van der Waals surface area (Å²) in [5.74, 6) is 0.926. The minimum absolute atomic E-state index is 0.503. The molecule has 0 aliphatic heterocycles. The van der Waals surface area contributed by atoms with Crippen LogP contribution in [-0.4, -0.2) is 27.3 Å². The van der Waals surface area contributed by atoms with Crippen LogP contribution in [-0.2, 0) is 11.3 Å². The highest BCUT2D eigenvalue weighted by molar-refractivity contribution is 6.02. The summed E-state index contributed by atoms with van der Waals surface area (Å²) < 4.78 is 7.80. The molecule has 3 aromatic rings. The Morgan fingerprint density at radius 1 is 1.17 bits per heavy atom. The smallest absolute Gasteiger partial charge is 0.154 e. The van der Waals surface area contributed by atoms with E-state index < -0.39 is 0 Å². The number of fused-ring (bicyclic) bond motifs is 3. The summed E-state index contributed by atoms with van der Waals surface area (Å²) in [6.45, 7) is 3.21. The number of para-hydroxylation sites is 1. The SMILES string of the molecule is CCOCc1nc2cnc3ccccc3c2n1NC1CCCCC1. The zero-order chi connectivity index (χ0) is 16.4. The maximum atomic E-state index is 5.65. The molecule has 1 aliphatic carbocycles. The van der Waals surface area contributed by atoms with Crippen molar-refractivity contribution in [3.8, 4) is 0 Å². The van der Waals surface area contributed by atoms with Gasteiger partial charge in [0.05, 0.1) is 11.7 Å². The molecule has 24 heavy (non-hydrogen) atoms. The van der Waals surface area contributed by atoms with Crippen molar-refractivity contribution < 1.29 is 4.74 Å². The van der Waals surface area contributed by atoms with E-state index in [-0.39, 0.29) is 0 Å². The maximum Gasteiger partial charge on any atom is 0.154 e. The normalized spacial score (nSPS) is 16.0. The molecule has 1 aromatic carbocycles. The topological polar surface area (TPSA) is 52.0 Å². The Hall–Kier alpha value is -2.14. The monoisotopic (exact) mass is 324 g/mol. The van der Waals surface area contributed by atoms with Gasteiger partial charge < -0.3 is 10.2 Å². The Morgan fingerprint density at radius 3 is 2.83 bits per heavy atom. The molecule has 126 valence electrons. The van der Waals surface area contributed by atoms with Gasteiger partial charge >= 0.3 is 0 Å². The van der Waals surface area contributed by atoms with Crippen LogP contribution >= 0.6 is 0 Å². The minimum Gasteiger partial charge on any atom is -0.374 e. The molecule has 1 saturated carbocycles. The van der Waals surface area contributed by atoms with Gasteiger partial charge in [0.15, 0.2) is 5.82 Å². The van der Waals surface area contributed by atoms with Gasteiger partial charge in [-0.1, -0.05) is 37.5 Å². The van der Waals surface area contributed by atoms with Gasteiger partial charge in [-0.3, -0.25) is 4.98 Å². The number of imidazole rings is 1. The second-order valence-corrected chi connectivity index (χ2v) is 6.47. The van der Waals surface area contributed by atoms with Crippen LogP contribution in [0.4, 0.5) is 0 Å². The van der Waals surface area contributed by atoms with Gasteiger partial charge in [-0.2, -0.15) is 0 Å². The molecule has 0 saturated heterocycles. The molecule has 2 heterocycles. The first-order valence-electron chi connectivity index (χ1n) is 8.96. The van der Waals surface area contributed by atoms with E-state index in [2.05, 4.69) is 33.3 Å². The first kappa shape index (κ1) is 15.4. The Morgan fingerprint density at radius 2 is 2.00 bits per heavy atom. The molecule has 2 aromatic heterocycles. The molecule has 1 N–H and O–H groups in total. The molecule has 5 nitrogen and oxygen atoms in total. The van der Waals surface area contributed by atoms with Crippen LogP contribution in [0.3, 0.4) is 0 Å². The Labute approximate surface area is 142 Å². The van der Waals surface area contributed by atoms with Gasteiger partial charge in [0.2, 0.25) is 0 Å². The second kappa shape index (κ2) is 6.77. The first-order valence-corrected chi connectivity index (χ1v) is 8.96. The summed E-state index contributed by atoms with van der Waals surface area (Å²) >= 11 is 0. The van der Waals surface area contributed by atoms with E-state index in [1.54, 1.807) is 0 Å². The molecular formula is C19H24N4O. The number of pyridine rings is 1. The summed E-state index contributed by atoms with van der Waals surface area (Å²) in [7, 11) is 0. The fraction of sp³-hybridized carbons (Fsp3) is 0.474. The minimum atomic E-state index is 0.503. The summed E-state index contributed by atoms with van der Waals surface area (Å²) in [4.78, 5) is 9.33. The number of rotatable bonds is 5. The summed E-state index contributed by atoms with van der Waals surface area (Å²) in [6.07, 6.45) is 8.25. The number of aromatic nitrogens is 3. The van der Waals surface area contributed by atoms with E-state index in [1.165, 1.54) is 32.1 Å². The Balaban J connectivity index is 1.83. The van der Waals surface area contributed by atoms with E-state index in [0.717, 1.165) is 27.8 Å². The van der Waals surface area contributed by atoms with Crippen molar-refractivity contribution in [2.75, 3.05) is 12.0 Å². The molecular weight excluding hydrogens is 300 g/mol. The average molecular weight is 324 g/mol. The van der Waals surface area contributed by atoms with Crippen LogP contribution in [0.2, 0.25) is 0 Å². The fourth-order valence-corrected chi connectivity index (χ4v) is 3.59. The summed E-state index contributed by atoms with van der Waals surface area (Å²) in [5.41, 5.74) is 6.75. The van der Waals surface area contributed by atoms with Crippen molar-refractivity contribution in [3.05, 3.63) is 36.3 Å². The molecule has 0 radical (unpaired) electrons. The lowest BCUT2D eigenvalue weighted by Crippen LogP contribution is -2.31. The third-order valence-electron chi connectivity index (χ3n) is 4.81. The molecule has 0 amide bonds. The highest BCUT2D eigenvalue weighted by Crippen LogP contribution is 2.26. The maximum absolute atomic E-state index is 5.65. The van der Waals surface area contributed by atoms with Crippen molar-refractivity contribution in [3.63, 3.8) is 0 Å². The molecule has 1 fully saturated rings. The highest BCUT2D eigenvalue weighted by Gasteiger charge is 2.19. The molecule has 4 rings (SSSR count). The fourth-order valence-electron chi connectivity index (χ4n) is 3.59. The third-order valence-corrected chi connectivity index (χ3v) is 4.81. The van der Waals surface area contributed by atoms with Crippen LogP contribution in [0.5, 0.6) is 0 Å². The van der Waals surface area contributed by atoms with Crippen LogP contribution in [0.1, 0.15) is 44.9 Å². The zero-order valence-corrected chi connectivity index (χ0v) is 14.2. The number of hydrogen-bond acceptors (Lipinski definition) is 4. The standard InChI is InChI=1S/C19H24N4O/c1-2-24-13-18-21-17-12-20-16-11-7-6-10-15(16)19(17)23(18)22-14-8-4-3-5-9-14/h6-7,10-12,14,22H,2-5,8-9,13H2,1H3. The number of ether oxygens (including phenoxy) is 1. The van der Waals surface area contributed by atoms with E-state index in [0.29, 0.717) is 19.3 Å². The quantitative estimate of drug-likeness (QED) is 0.771. The van der Waals surface area contributed by atoms with Gasteiger partial charge in [-0.05, 0) is 25.8 Å². The van der Waals surface area contributed by atoms with E-state index in [4.69, 9.17) is 9.72 Å². The molecule has 0 bridgehead atoms. The lowest BCUT2D eigenvalue weighted by Gasteiger charge is -2.25. The number of nitrogens with one attached hydrogen (secondary N) is 1. The van der Waals surface area contributed by atoms with Gasteiger partial charge in [-0.15, -0.1) is 0 Å². The summed E-state index contributed by atoms with van der Waals surface area (Å²) in [6, 6.07) is 8.76. The van der Waals surface area contributed by atoms with E-state index in [9.17, 15) is 0 Å². The van der Waals surface area contributed by atoms with E-state index >= 15 is 0 Å². The van der Waals surface area contributed by atoms with Crippen molar-refractivity contribution in [1.82, 2.24) is 14.6 Å². The molecule has 0 unspecified atom stereocenters. The number of benzene rings is 1. The van der Waals surface area contributed by atoms with Gasteiger partial charge in [0.1, 0.15) is 17.6 Å². The zero-order valence-electron chi connectivity index (χ0n) is 14.2. The van der Waals surface area contributed by atoms with Crippen molar-refractivity contribution in [2.24, 2.45) is 0 Å². The van der Waals surface area contributed by atoms with Crippen LogP contribution in [0.25, 0.3) is 21.9 Å². The molecule has 0 atom stereocenters. The lowest BCUT2D eigenvalue weighted by molar-refractivity contribution is 0.126. The highest BCUT2D eigenvalue weighted by atomic mass is 16.5. The Bertz CT molecular complexity index is 836. The average Bonchev–Trinajstić information content (AvgIpc) is 2.99. The predicted molar refractivity (Wildman–Crippen MR) is 96.6 cm³/mol. The van der Waals surface area contributed by atoms with E-state index in [1.807, 2.05) is 19.2 Å². The number of nitrogens with zero attached hydrogens (tertiary/aromatic N) is 3. The lowest BCUT2D eigenvalue weighted by atomic mass is 9.96. The van der Waals surface area contributed by atoms with Gasteiger partial charge in [0.25, 0.3) is 0 Å². The van der Waals surface area contributed by atoms with Gasteiger partial charge in [-0.25, -0.2) is 9.66 Å². The van der Waals surface area contributed by atoms with Crippen molar-refractivity contribution in [2.45, 2.75) is 51.7 Å². The largest absolute Gasteiger partial charge is 0.374 e. The van der Waals surface area contributed by atoms with Crippen molar-refractivity contribution in [1.29, 1.82) is 0 Å². The number of hydrogen-bond donors (Lipinski definition) is 1. The third kappa shape index (κ3) is 2.84. The first-order chi connectivity index (χ1) is 11.9. The predicted octanol–water partition coefficient (Wildman–Crippen LogP) is 4.00. The Kier molecular flexibility index (Phi) is 4.34. The molecule has 0 spiro atoms. The molecule has 5 heteroatoms. The van der Waals surface area contributed by atoms with Crippen LogP contribution < -0.4 is 5.43 Å². The van der Waals surface area contributed by atoms with Crippen molar-refractivity contribution >= 4 is 21.9 Å². The van der Waals surface area contributed by atoms with Gasteiger partial charge in [0, 0.05) is 18.0 Å². The summed E-state index contributed by atoms with van der Waals surface area (Å²) in [5, 5.41) is 1.13. The molecule has 1 aliphatic rings. The second-order valence-electron chi connectivity index (χ2n) is 6.47.